The topological polar surface area (TPSA) is 30.7 Å². The highest BCUT2D eigenvalue weighted by Gasteiger charge is 1.93. The fraction of sp³-hybridized carbons (Fsp3) is 0.0909. The van der Waals surface area contributed by atoms with Gasteiger partial charge in [0.05, 0.1) is 12.7 Å². The van der Waals surface area contributed by atoms with Crippen LogP contribution >= 0.6 is 11.3 Å². The van der Waals surface area contributed by atoms with E-state index in [1.54, 1.807) is 17.5 Å². The molecule has 0 aromatic carbocycles. The Morgan fingerprint density at radius 3 is 3.13 bits per heavy atom. The third kappa shape index (κ3) is 2.63. The third-order valence-electron chi connectivity index (χ3n) is 1.84. The van der Waals surface area contributed by atoms with Gasteiger partial charge >= 0.3 is 0 Å². The van der Waals surface area contributed by atoms with Gasteiger partial charge in [0.2, 0.25) is 0 Å². The summed E-state index contributed by atoms with van der Waals surface area (Å²) in [4.78, 5) is 4.16. The Morgan fingerprint density at radius 2 is 2.40 bits per heavy atom. The molecule has 0 radical (unpaired) electrons. The van der Waals surface area contributed by atoms with Crippen molar-refractivity contribution in [2.75, 3.05) is 0 Å². The predicted octanol–water partition coefficient (Wildman–Crippen LogP) is 2.70. The van der Waals surface area contributed by atoms with E-state index in [2.05, 4.69) is 16.7 Å². The van der Waals surface area contributed by atoms with E-state index in [0.717, 1.165) is 17.1 Å². The van der Waals surface area contributed by atoms with E-state index in [-0.39, 0.29) is 0 Å². The minimum absolute atomic E-state index is 0.741. The third-order valence-corrected chi connectivity index (χ3v) is 2.58. The van der Waals surface area contributed by atoms with Gasteiger partial charge in [0, 0.05) is 23.3 Å². The standard InChI is InChI=1S/C11H11N3S/c1-2-6-14-9-10(8-13-14)3-4-11-12-5-7-15-11/h2-5,7-9H,1,6H2/b4-3+. The smallest absolute Gasteiger partial charge is 0.116 e. The molecule has 0 bridgehead atoms. The average molecular weight is 217 g/mol. The molecule has 2 heterocycles. The Hall–Kier alpha value is -1.68. The van der Waals surface area contributed by atoms with Crippen molar-refractivity contribution >= 4 is 23.5 Å². The lowest BCUT2D eigenvalue weighted by atomic mass is 10.3. The zero-order chi connectivity index (χ0) is 10.5. The van der Waals surface area contributed by atoms with Crippen LogP contribution in [-0.4, -0.2) is 14.8 Å². The first-order chi connectivity index (χ1) is 7.38. The zero-order valence-corrected chi connectivity index (χ0v) is 9.02. The number of aromatic nitrogens is 3. The summed E-state index contributed by atoms with van der Waals surface area (Å²) in [6, 6.07) is 0. The second-order valence-electron chi connectivity index (χ2n) is 2.99. The van der Waals surface area contributed by atoms with Gasteiger partial charge in [-0.05, 0) is 12.2 Å². The second kappa shape index (κ2) is 4.70. The first kappa shape index (κ1) is 9.86. The summed E-state index contributed by atoms with van der Waals surface area (Å²) in [6.07, 6.45) is 11.4. The molecule has 0 amide bonds. The molecule has 4 heteroatoms. The monoisotopic (exact) mass is 217 g/mol. The van der Waals surface area contributed by atoms with Crippen molar-refractivity contribution in [1.82, 2.24) is 14.8 Å². The summed E-state index contributed by atoms with van der Waals surface area (Å²) in [5, 5.41) is 7.15. The fourth-order valence-corrected chi connectivity index (χ4v) is 1.71. The van der Waals surface area contributed by atoms with Crippen molar-refractivity contribution in [3.63, 3.8) is 0 Å². The Bertz CT molecular complexity index is 454. The summed E-state index contributed by atoms with van der Waals surface area (Å²) in [6.45, 7) is 4.41. The molecule has 0 N–H and O–H groups in total. The van der Waals surface area contributed by atoms with E-state index >= 15 is 0 Å². The molecule has 15 heavy (non-hydrogen) atoms. The van der Waals surface area contributed by atoms with Crippen LogP contribution in [-0.2, 0) is 6.54 Å². The van der Waals surface area contributed by atoms with Gasteiger partial charge < -0.3 is 0 Å². The second-order valence-corrected chi connectivity index (χ2v) is 3.91. The summed E-state index contributed by atoms with van der Waals surface area (Å²) in [5.74, 6) is 0. The average Bonchev–Trinajstić information content (AvgIpc) is 2.85. The number of allylic oxidation sites excluding steroid dienone is 1. The van der Waals surface area contributed by atoms with E-state index in [4.69, 9.17) is 0 Å². The minimum atomic E-state index is 0.741. The molecule has 0 fully saturated rings. The molecule has 0 unspecified atom stereocenters. The maximum absolute atomic E-state index is 4.18. The molecular formula is C11H11N3S. The quantitative estimate of drug-likeness (QED) is 0.737. The summed E-state index contributed by atoms with van der Waals surface area (Å²) >= 11 is 1.62. The van der Waals surface area contributed by atoms with E-state index in [1.807, 2.05) is 40.7 Å². The molecule has 0 aliphatic carbocycles. The maximum Gasteiger partial charge on any atom is 0.116 e. The summed E-state index contributed by atoms with van der Waals surface area (Å²) in [5.41, 5.74) is 1.08. The normalized spacial score (nSPS) is 10.9. The highest BCUT2D eigenvalue weighted by atomic mass is 32.1. The summed E-state index contributed by atoms with van der Waals surface area (Å²) in [7, 11) is 0. The predicted molar refractivity (Wildman–Crippen MR) is 63.5 cm³/mol. The molecule has 76 valence electrons. The van der Waals surface area contributed by atoms with Crippen molar-refractivity contribution in [3.05, 3.63) is 47.2 Å². The van der Waals surface area contributed by atoms with Crippen LogP contribution in [0.3, 0.4) is 0 Å². The first-order valence-electron chi connectivity index (χ1n) is 4.59. The number of rotatable bonds is 4. The SMILES string of the molecule is C=CCn1cc(/C=C/c2nccs2)cn1. The van der Waals surface area contributed by atoms with Crippen LogP contribution < -0.4 is 0 Å². The van der Waals surface area contributed by atoms with Crippen LogP contribution in [0.25, 0.3) is 12.2 Å². The van der Waals surface area contributed by atoms with Crippen molar-refractivity contribution in [2.24, 2.45) is 0 Å². The van der Waals surface area contributed by atoms with Crippen LogP contribution in [0.5, 0.6) is 0 Å². The molecule has 2 aromatic heterocycles. The van der Waals surface area contributed by atoms with Gasteiger partial charge in [-0.25, -0.2) is 4.98 Å². The molecule has 0 atom stereocenters. The Labute approximate surface area is 92.4 Å². The largest absolute Gasteiger partial charge is 0.268 e. The van der Waals surface area contributed by atoms with Crippen molar-refractivity contribution in [2.45, 2.75) is 6.54 Å². The molecule has 3 nitrogen and oxygen atoms in total. The van der Waals surface area contributed by atoms with Gasteiger partial charge in [-0.15, -0.1) is 17.9 Å². The minimum Gasteiger partial charge on any atom is -0.268 e. The number of hydrogen-bond donors (Lipinski definition) is 0. The lowest BCUT2D eigenvalue weighted by Crippen LogP contribution is -1.93. The van der Waals surface area contributed by atoms with Crippen LogP contribution in [0.4, 0.5) is 0 Å². The molecular weight excluding hydrogens is 206 g/mol. The van der Waals surface area contributed by atoms with Crippen LogP contribution in [0.2, 0.25) is 0 Å². The Morgan fingerprint density at radius 1 is 1.47 bits per heavy atom. The highest BCUT2D eigenvalue weighted by molar-refractivity contribution is 7.10. The van der Waals surface area contributed by atoms with Crippen molar-refractivity contribution < 1.29 is 0 Å². The molecule has 0 aliphatic heterocycles. The van der Waals surface area contributed by atoms with Gasteiger partial charge in [-0.1, -0.05) is 6.08 Å². The molecule has 0 spiro atoms. The highest BCUT2D eigenvalue weighted by Crippen LogP contribution is 2.09. The lowest BCUT2D eigenvalue weighted by Gasteiger charge is -1.90. The van der Waals surface area contributed by atoms with Gasteiger partial charge in [0.15, 0.2) is 0 Å². The van der Waals surface area contributed by atoms with Crippen molar-refractivity contribution in [1.29, 1.82) is 0 Å². The van der Waals surface area contributed by atoms with Gasteiger partial charge in [-0.3, -0.25) is 4.68 Å². The first-order valence-corrected chi connectivity index (χ1v) is 5.47. The van der Waals surface area contributed by atoms with E-state index in [0.29, 0.717) is 0 Å². The van der Waals surface area contributed by atoms with Crippen LogP contribution in [0, 0.1) is 0 Å². The molecule has 2 aromatic rings. The van der Waals surface area contributed by atoms with Gasteiger partial charge in [-0.2, -0.15) is 5.10 Å². The van der Waals surface area contributed by atoms with Crippen LogP contribution in [0.15, 0.2) is 36.6 Å². The van der Waals surface area contributed by atoms with Gasteiger partial charge in [0.25, 0.3) is 0 Å². The number of hydrogen-bond acceptors (Lipinski definition) is 3. The van der Waals surface area contributed by atoms with E-state index in [9.17, 15) is 0 Å². The van der Waals surface area contributed by atoms with Crippen LogP contribution in [0.1, 0.15) is 10.6 Å². The Balaban J connectivity index is 2.07. The van der Waals surface area contributed by atoms with E-state index in [1.165, 1.54) is 0 Å². The number of nitrogens with zero attached hydrogens (tertiary/aromatic N) is 3. The molecule has 0 saturated carbocycles. The van der Waals surface area contributed by atoms with E-state index < -0.39 is 0 Å². The molecule has 0 aliphatic rings. The Kier molecular flexibility index (Phi) is 3.09. The summed E-state index contributed by atoms with van der Waals surface area (Å²) < 4.78 is 1.84. The molecule has 2 rings (SSSR count). The molecule has 0 saturated heterocycles. The number of thiazole rings is 1. The van der Waals surface area contributed by atoms with Gasteiger partial charge in [0.1, 0.15) is 5.01 Å². The maximum atomic E-state index is 4.18. The fourth-order valence-electron chi connectivity index (χ4n) is 1.18. The van der Waals surface area contributed by atoms with Crippen molar-refractivity contribution in [3.8, 4) is 0 Å². The zero-order valence-electron chi connectivity index (χ0n) is 8.21. The lowest BCUT2D eigenvalue weighted by molar-refractivity contribution is 0.703.